The smallest absolute Gasteiger partial charge is 0.295 e. The number of hydrogen-bond donors (Lipinski definition) is 1. The van der Waals surface area contributed by atoms with Crippen LogP contribution in [0.2, 0.25) is 0 Å². The maximum atomic E-state index is 13.5. The summed E-state index contributed by atoms with van der Waals surface area (Å²) in [5, 5.41) is 11.5. The predicted octanol–water partition coefficient (Wildman–Crippen LogP) is 4.74. The Morgan fingerprint density at radius 3 is 2.59 bits per heavy atom. The van der Waals surface area contributed by atoms with E-state index in [-0.39, 0.29) is 17.4 Å². The molecule has 0 unspecified atom stereocenters. The third kappa shape index (κ3) is 5.81. The number of carbonyl (C=O) groups is 2. The lowest BCUT2D eigenvalue weighted by Gasteiger charge is -2.28. The Morgan fingerprint density at radius 2 is 1.90 bits per heavy atom. The highest BCUT2D eigenvalue weighted by molar-refractivity contribution is 6.46. The summed E-state index contributed by atoms with van der Waals surface area (Å²) < 4.78 is 17.4. The van der Waals surface area contributed by atoms with Crippen molar-refractivity contribution in [2.24, 2.45) is 0 Å². The molecule has 1 fully saturated rings. The molecule has 8 nitrogen and oxygen atoms in total. The van der Waals surface area contributed by atoms with Crippen molar-refractivity contribution in [1.82, 2.24) is 9.80 Å². The van der Waals surface area contributed by atoms with Crippen molar-refractivity contribution in [2.45, 2.75) is 46.3 Å². The molecule has 0 radical (unpaired) electrons. The fourth-order valence-corrected chi connectivity index (χ4v) is 5.20. The first-order chi connectivity index (χ1) is 18.8. The van der Waals surface area contributed by atoms with Gasteiger partial charge in [0.05, 0.1) is 18.2 Å². The molecule has 1 N–H and O–H groups in total. The summed E-state index contributed by atoms with van der Waals surface area (Å²) in [6.45, 7) is 15.0. The third-order valence-electron chi connectivity index (χ3n) is 7.20. The van der Waals surface area contributed by atoms with Crippen LogP contribution in [-0.4, -0.2) is 72.1 Å². The Labute approximate surface area is 230 Å². The van der Waals surface area contributed by atoms with E-state index in [1.54, 1.807) is 35.2 Å². The van der Waals surface area contributed by atoms with Crippen molar-refractivity contribution in [1.29, 1.82) is 0 Å². The van der Waals surface area contributed by atoms with Gasteiger partial charge < -0.3 is 29.1 Å². The van der Waals surface area contributed by atoms with E-state index in [2.05, 4.69) is 25.3 Å². The van der Waals surface area contributed by atoms with Crippen LogP contribution < -0.4 is 14.2 Å². The highest BCUT2D eigenvalue weighted by atomic mass is 16.5. The zero-order valence-electron chi connectivity index (χ0n) is 23.2. The molecule has 2 heterocycles. The number of ketones is 1. The first kappa shape index (κ1) is 28.2. The number of aliphatic hydroxyl groups is 1. The molecular weight excluding hydrogens is 496 g/mol. The second-order valence-electron chi connectivity index (χ2n) is 9.71. The molecule has 2 aliphatic heterocycles. The van der Waals surface area contributed by atoms with Crippen molar-refractivity contribution in [2.75, 3.05) is 39.4 Å². The molecule has 0 spiro atoms. The van der Waals surface area contributed by atoms with Gasteiger partial charge in [-0.1, -0.05) is 32.6 Å². The van der Waals surface area contributed by atoms with E-state index in [4.69, 9.17) is 14.2 Å². The maximum Gasteiger partial charge on any atom is 0.295 e. The predicted molar refractivity (Wildman–Crippen MR) is 150 cm³/mol. The Kier molecular flexibility index (Phi) is 8.97. The molecule has 2 aliphatic rings. The van der Waals surface area contributed by atoms with Gasteiger partial charge in [-0.25, -0.2) is 0 Å². The Balaban J connectivity index is 1.82. The summed E-state index contributed by atoms with van der Waals surface area (Å²) in [6.07, 6.45) is 2.40. The van der Waals surface area contributed by atoms with E-state index < -0.39 is 17.7 Å². The van der Waals surface area contributed by atoms with Crippen LogP contribution >= 0.6 is 0 Å². The van der Waals surface area contributed by atoms with E-state index in [9.17, 15) is 14.7 Å². The van der Waals surface area contributed by atoms with Crippen LogP contribution in [0.3, 0.4) is 0 Å². The number of hydrogen-bond acceptors (Lipinski definition) is 7. The number of carbonyl (C=O) groups excluding carboxylic acids is 2. The van der Waals surface area contributed by atoms with Crippen LogP contribution in [0.4, 0.5) is 0 Å². The molecule has 39 heavy (non-hydrogen) atoms. The Hall–Kier alpha value is -3.78. The second-order valence-corrected chi connectivity index (χ2v) is 9.71. The fourth-order valence-electron chi connectivity index (χ4n) is 5.20. The molecule has 208 valence electrons. The molecular formula is C31H38N2O6. The molecule has 2 atom stereocenters. The van der Waals surface area contributed by atoms with E-state index in [0.717, 1.165) is 24.4 Å². The van der Waals surface area contributed by atoms with Gasteiger partial charge in [0.25, 0.3) is 11.7 Å². The first-order valence-electron chi connectivity index (χ1n) is 13.6. The fraction of sp³-hybridized carbons (Fsp3) is 0.419. The van der Waals surface area contributed by atoms with Crippen molar-refractivity contribution < 1.29 is 28.9 Å². The summed E-state index contributed by atoms with van der Waals surface area (Å²) >= 11 is 0. The Bertz CT molecular complexity index is 1270. The zero-order chi connectivity index (χ0) is 28.1. The number of likely N-dealkylation sites (N-methyl/N-ethyl adjacent to an activating group) is 1. The van der Waals surface area contributed by atoms with Crippen molar-refractivity contribution >= 4 is 17.4 Å². The highest BCUT2D eigenvalue weighted by Gasteiger charge is 2.46. The van der Waals surface area contributed by atoms with E-state index >= 15 is 0 Å². The zero-order valence-corrected chi connectivity index (χ0v) is 23.2. The van der Waals surface area contributed by atoms with E-state index in [1.807, 2.05) is 26.0 Å². The molecule has 1 amide bonds. The maximum absolute atomic E-state index is 13.5. The minimum atomic E-state index is -0.781. The monoisotopic (exact) mass is 534 g/mol. The SMILES string of the molecule is C=CCOc1ccc([C@@H]2/C(=C(\O)c3ccc4c(c3)C[C@H](C)O4)C(=O)C(=O)N2CCN(CC)CC)cc1OCC. The number of nitrogens with zero attached hydrogens (tertiary/aromatic N) is 2. The van der Waals surface area contributed by atoms with Gasteiger partial charge in [-0.05, 0) is 68.4 Å². The highest BCUT2D eigenvalue weighted by Crippen LogP contribution is 2.42. The molecule has 2 aromatic rings. The van der Waals surface area contributed by atoms with Gasteiger partial charge in [-0.15, -0.1) is 0 Å². The van der Waals surface area contributed by atoms with E-state index in [0.29, 0.717) is 55.4 Å². The van der Waals surface area contributed by atoms with Gasteiger partial charge in [0.1, 0.15) is 24.2 Å². The van der Waals surface area contributed by atoms with Crippen LogP contribution in [0.1, 0.15) is 50.4 Å². The van der Waals surface area contributed by atoms with Crippen molar-refractivity contribution in [3.63, 3.8) is 0 Å². The van der Waals surface area contributed by atoms with Gasteiger partial charge in [-0.2, -0.15) is 0 Å². The van der Waals surface area contributed by atoms with Crippen LogP contribution in [0.25, 0.3) is 5.76 Å². The molecule has 0 bridgehead atoms. The number of ether oxygens (including phenoxy) is 3. The number of benzene rings is 2. The van der Waals surface area contributed by atoms with Crippen LogP contribution in [0, 0.1) is 0 Å². The van der Waals surface area contributed by atoms with Gasteiger partial charge in [0.2, 0.25) is 0 Å². The lowest BCUT2D eigenvalue weighted by molar-refractivity contribution is -0.140. The van der Waals surface area contributed by atoms with Gasteiger partial charge in [0, 0.05) is 25.1 Å². The molecule has 2 aromatic carbocycles. The quantitative estimate of drug-likeness (QED) is 0.182. The number of rotatable bonds is 12. The standard InChI is InChI=1S/C31H38N2O6/c1-6-16-38-25-13-10-21(19-26(25)37-9-4)28-27(30(35)31(36)33(28)15-14-32(7-2)8-3)29(34)22-11-12-24-23(18-22)17-20(5)39-24/h6,10-13,18-20,28,34H,1,7-9,14-17H2,2-5H3/b29-27+/t20-,28+/m0/s1. The lowest BCUT2D eigenvalue weighted by Crippen LogP contribution is -2.38. The topological polar surface area (TPSA) is 88.5 Å². The summed E-state index contributed by atoms with van der Waals surface area (Å²) in [7, 11) is 0. The number of fused-ring (bicyclic) bond motifs is 1. The van der Waals surface area contributed by atoms with Gasteiger partial charge in [0.15, 0.2) is 11.5 Å². The average molecular weight is 535 g/mol. The van der Waals surface area contributed by atoms with Gasteiger partial charge >= 0.3 is 0 Å². The number of amides is 1. The minimum absolute atomic E-state index is 0.0434. The van der Waals surface area contributed by atoms with Crippen molar-refractivity contribution in [3.05, 3.63) is 71.3 Å². The molecule has 4 rings (SSSR count). The molecule has 1 saturated heterocycles. The molecule has 8 heteroatoms. The Morgan fingerprint density at radius 1 is 1.13 bits per heavy atom. The van der Waals surface area contributed by atoms with Crippen LogP contribution in [-0.2, 0) is 16.0 Å². The summed E-state index contributed by atoms with van der Waals surface area (Å²) in [5.41, 5.74) is 2.16. The number of likely N-dealkylation sites (tertiary alicyclic amines) is 1. The second kappa shape index (κ2) is 12.4. The minimum Gasteiger partial charge on any atom is -0.507 e. The average Bonchev–Trinajstić information content (AvgIpc) is 3.43. The third-order valence-corrected chi connectivity index (χ3v) is 7.20. The van der Waals surface area contributed by atoms with Gasteiger partial charge in [-0.3, -0.25) is 9.59 Å². The molecule has 0 aromatic heterocycles. The number of aliphatic hydroxyl groups excluding tert-OH is 1. The first-order valence-corrected chi connectivity index (χ1v) is 13.6. The number of Topliss-reactive ketones (excluding diaryl/α,β-unsaturated/α-hetero) is 1. The summed E-state index contributed by atoms with van der Waals surface area (Å²) in [4.78, 5) is 30.6. The lowest BCUT2D eigenvalue weighted by atomic mass is 9.94. The normalized spacial score (nSPS) is 19.8. The van der Waals surface area contributed by atoms with Crippen molar-refractivity contribution in [3.8, 4) is 17.2 Å². The summed E-state index contributed by atoms with van der Waals surface area (Å²) in [5.74, 6) is 0.273. The summed E-state index contributed by atoms with van der Waals surface area (Å²) in [6, 6.07) is 9.95. The molecule has 0 saturated carbocycles. The largest absolute Gasteiger partial charge is 0.507 e. The van der Waals surface area contributed by atoms with E-state index in [1.165, 1.54) is 0 Å². The molecule has 0 aliphatic carbocycles. The van der Waals surface area contributed by atoms with Crippen LogP contribution in [0.15, 0.2) is 54.6 Å². The van der Waals surface area contributed by atoms with Crippen LogP contribution in [0.5, 0.6) is 17.2 Å².